The van der Waals surface area contributed by atoms with Crippen molar-refractivity contribution in [3.8, 4) is 0 Å². The van der Waals surface area contributed by atoms with Gasteiger partial charge in [-0.15, -0.1) is 0 Å². The normalized spacial score (nSPS) is 21.8. The Morgan fingerprint density at radius 3 is 2.65 bits per heavy atom. The molecule has 140 valence electrons. The highest BCUT2D eigenvalue weighted by Crippen LogP contribution is 2.38. The monoisotopic (exact) mass is 375 g/mol. The van der Waals surface area contributed by atoms with Crippen molar-refractivity contribution in [1.29, 1.82) is 0 Å². The van der Waals surface area contributed by atoms with Gasteiger partial charge in [-0.05, 0) is 86.2 Å². The Labute approximate surface area is 154 Å². The van der Waals surface area contributed by atoms with Crippen molar-refractivity contribution in [3.63, 3.8) is 0 Å². The SMILES string of the molecule is O=C(Nc1cc2c(c3c1CCC3)CCC2)NS(=O)(=O)/C=C/[C@@H]1CCCN1. The zero-order valence-electron chi connectivity index (χ0n) is 14.8. The number of amides is 2. The number of hydrogen-bond donors (Lipinski definition) is 3. The van der Waals surface area contributed by atoms with Gasteiger partial charge in [-0.25, -0.2) is 17.9 Å². The molecule has 4 rings (SSSR count). The molecule has 6 nitrogen and oxygen atoms in total. The molecule has 7 heteroatoms. The van der Waals surface area contributed by atoms with E-state index in [0.717, 1.165) is 69.0 Å². The maximum Gasteiger partial charge on any atom is 0.333 e. The highest BCUT2D eigenvalue weighted by Gasteiger charge is 2.25. The smallest absolute Gasteiger partial charge is 0.310 e. The number of benzene rings is 1. The molecule has 3 N–H and O–H groups in total. The molecule has 0 unspecified atom stereocenters. The largest absolute Gasteiger partial charge is 0.333 e. The summed E-state index contributed by atoms with van der Waals surface area (Å²) in [4.78, 5) is 12.3. The molecule has 2 amide bonds. The van der Waals surface area contributed by atoms with E-state index in [-0.39, 0.29) is 6.04 Å². The lowest BCUT2D eigenvalue weighted by Gasteiger charge is -2.15. The van der Waals surface area contributed by atoms with Gasteiger partial charge in [-0.2, -0.15) is 0 Å². The molecule has 2 aliphatic carbocycles. The van der Waals surface area contributed by atoms with Crippen molar-refractivity contribution in [2.75, 3.05) is 11.9 Å². The fourth-order valence-electron chi connectivity index (χ4n) is 4.40. The van der Waals surface area contributed by atoms with Crippen LogP contribution in [0, 0.1) is 0 Å². The lowest BCUT2D eigenvalue weighted by atomic mass is 9.98. The zero-order chi connectivity index (χ0) is 18.1. The minimum atomic E-state index is -3.80. The first-order chi connectivity index (χ1) is 12.5. The molecule has 3 aliphatic rings. The number of hydrogen-bond acceptors (Lipinski definition) is 4. The van der Waals surface area contributed by atoms with Crippen molar-refractivity contribution in [3.05, 3.63) is 39.8 Å². The number of rotatable bonds is 4. The van der Waals surface area contributed by atoms with Gasteiger partial charge in [-0.1, -0.05) is 6.08 Å². The van der Waals surface area contributed by atoms with Gasteiger partial charge in [0.15, 0.2) is 0 Å². The number of nitrogens with one attached hydrogen (secondary N) is 3. The number of fused-ring (bicyclic) bond motifs is 3. The maximum atomic E-state index is 12.3. The highest BCUT2D eigenvalue weighted by atomic mass is 32.2. The van der Waals surface area contributed by atoms with Crippen molar-refractivity contribution in [1.82, 2.24) is 10.0 Å². The summed E-state index contributed by atoms with van der Waals surface area (Å²) < 4.78 is 26.3. The van der Waals surface area contributed by atoms with E-state index < -0.39 is 16.1 Å². The number of anilines is 1. The molecule has 1 aromatic carbocycles. The third-order valence-electron chi connectivity index (χ3n) is 5.56. The summed E-state index contributed by atoms with van der Waals surface area (Å²) in [5.41, 5.74) is 6.10. The van der Waals surface area contributed by atoms with Gasteiger partial charge >= 0.3 is 6.03 Å². The van der Waals surface area contributed by atoms with Crippen LogP contribution in [0.3, 0.4) is 0 Å². The molecule has 0 radical (unpaired) electrons. The highest BCUT2D eigenvalue weighted by molar-refractivity contribution is 7.92. The average molecular weight is 375 g/mol. The van der Waals surface area contributed by atoms with Crippen LogP contribution in [0.5, 0.6) is 0 Å². The Hall–Kier alpha value is -1.86. The summed E-state index contributed by atoms with van der Waals surface area (Å²) in [7, 11) is -3.80. The summed E-state index contributed by atoms with van der Waals surface area (Å²) >= 11 is 0. The molecule has 0 bridgehead atoms. The lowest BCUT2D eigenvalue weighted by molar-refractivity contribution is 0.256. The molecular weight excluding hydrogens is 350 g/mol. The summed E-state index contributed by atoms with van der Waals surface area (Å²) in [6.45, 7) is 0.895. The minimum Gasteiger partial charge on any atom is -0.310 e. The summed E-state index contributed by atoms with van der Waals surface area (Å²) in [6, 6.07) is 1.41. The predicted octanol–water partition coefficient (Wildman–Crippen LogP) is 2.38. The van der Waals surface area contributed by atoms with Crippen LogP contribution in [-0.4, -0.2) is 27.0 Å². The van der Waals surface area contributed by atoms with Gasteiger partial charge in [0.2, 0.25) is 0 Å². The summed E-state index contributed by atoms with van der Waals surface area (Å²) in [5, 5.41) is 7.06. The van der Waals surface area contributed by atoms with Crippen molar-refractivity contribution in [2.24, 2.45) is 0 Å². The fraction of sp³-hybridized carbons (Fsp3) is 0.526. The quantitative estimate of drug-likeness (QED) is 0.754. The van der Waals surface area contributed by atoms with Crippen molar-refractivity contribution in [2.45, 2.75) is 57.4 Å². The van der Waals surface area contributed by atoms with E-state index in [1.165, 1.54) is 22.3 Å². The van der Waals surface area contributed by atoms with Gasteiger partial charge in [0, 0.05) is 17.1 Å². The van der Waals surface area contributed by atoms with Crippen LogP contribution in [0.25, 0.3) is 0 Å². The number of aryl methyl sites for hydroxylation is 1. The van der Waals surface area contributed by atoms with Gasteiger partial charge in [0.05, 0.1) is 0 Å². The Balaban J connectivity index is 1.46. The number of carbonyl (C=O) groups is 1. The van der Waals surface area contributed by atoms with Crippen LogP contribution in [0.4, 0.5) is 10.5 Å². The molecule has 0 spiro atoms. The van der Waals surface area contributed by atoms with Gasteiger partial charge in [-0.3, -0.25) is 0 Å². The van der Waals surface area contributed by atoms with E-state index in [2.05, 4.69) is 15.4 Å². The number of sulfonamides is 1. The molecule has 1 heterocycles. The van der Waals surface area contributed by atoms with E-state index in [9.17, 15) is 13.2 Å². The van der Waals surface area contributed by atoms with Crippen LogP contribution in [-0.2, 0) is 35.7 Å². The Bertz CT molecular complexity index is 855. The van der Waals surface area contributed by atoms with Crippen molar-refractivity contribution < 1.29 is 13.2 Å². The lowest BCUT2D eigenvalue weighted by Crippen LogP contribution is -2.33. The molecule has 1 saturated heterocycles. The second-order valence-corrected chi connectivity index (χ2v) is 8.92. The van der Waals surface area contributed by atoms with Crippen LogP contribution in [0.15, 0.2) is 17.6 Å². The predicted molar refractivity (Wildman–Crippen MR) is 102 cm³/mol. The Morgan fingerprint density at radius 1 is 1.08 bits per heavy atom. The molecule has 1 atom stereocenters. The van der Waals surface area contributed by atoms with Crippen LogP contribution in [0.2, 0.25) is 0 Å². The number of urea groups is 1. The zero-order valence-corrected chi connectivity index (χ0v) is 15.6. The van der Waals surface area contributed by atoms with Gasteiger partial charge < -0.3 is 10.6 Å². The fourth-order valence-corrected chi connectivity index (χ4v) is 5.18. The second kappa shape index (κ2) is 7.04. The number of carbonyl (C=O) groups excluding carboxylic acids is 1. The first-order valence-electron chi connectivity index (χ1n) is 9.44. The van der Waals surface area contributed by atoms with Crippen LogP contribution >= 0.6 is 0 Å². The maximum absolute atomic E-state index is 12.3. The van der Waals surface area contributed by atoms with E-state index in [1.807, 2.05) is 6.07 Å². The first-order valence-corrected chi connectivity index (χ1v) is 11.0. The van der Waals surface area contributed by atoms with E-state index >= 15 is 0 Å². The molecule has 1 aliphatic heterocycles. The van der Waals surface area contributed by atoms with Gasteiger partial charge in [0.1, 0.15) is 0 Å². The standard InChI is InChI=1S/C19H25N3O3S/c23-19(22-26(24,25)11-9-14-5-3-10-20-14)21-18-12-13-4-1-6-15(13)16-7-2-8-17(16)18/h9,11-12,14,20H,1-8,10H2,(H2,21,22,23)/b11-9+/t14-/m0/s1. The van der Waals surface area contributed by atoms with E-state index in [0.29, 0.717) is 0 Å². The third kappa shape index (κ3) is 3.64. The topological polar surface area (TPSA) is 87.3 Å². The second-order valence-electron chi connectivity index (χ2n) is 7.36. The summed E-state index contributed by atoms with van der Waals surface area (Å²) in [5.74, 6) is 0. The molecule has 1 fully saturated rings. The van der Waals surface area contributed by atoms with E-state index in [4.69, 9.17) is 0 Å². The summed E-state index contributed by atoms with van der Waals surface area (Å²) in [6.07, 6.45) is 9.97. The molecule has 26 heavy (non-hydrogen) atoms. The molecule has 0 saturated carbocycles. The van der Waals surface area contributed by atoms with Gasteiger partial charge in [0.25, 0.3) is 10.0 Å². The molecular formula is C19H25N3O3S. The minimum absolute atomic E-state index is 0.0645. The molecule has 0 aromatic heterocycles. The van der Waals surface area contributed by atoms with E-state index in [1.54, 1.807) is 6.08 Å². The van der Waals surface area contributed by atoms with Crippen molar-refractivity contribution >= 4 is 21.7 Å². The van der Waals surface area contributed by atoms with Crippen LogP contribution < -0.4 is 15.4 Å². The van der Waals surface area contributed by atoms with Crippen LogP contribution in [0.1, 0.15) is 47.9 Å². The Morgan fingerprint density at radius 2 is 1.85 bits per heavy atom. The Kier molecular flexibility index (Phi) is 4.75. The first kappa shape index (κ1) is 17.5. The molecule has 1 aromatic rings. The third-order valence-corrected chi connectivity index (χ3v) is 6.54. The average Bonchev–Trinajstić information content (AvgIpc) is 3.32.